The molecule has 5 aromatic rings. The van der Waals surface area contributed by atoms with Crippen molar-refractivity contribution in [2.24, 2.45) is 0 Å². The van der Waals surface area contributed by atoms with E-state index < -0.39 is 6.10 Å². The molecule has 0 saturated carbocycles. The number of anilines is 2. The fourth-order valence-corrected chi connectivity index (χ4v) is 4.83. The van der Waals surface area contributed by atoms with Crippen molar-refractivity contribution in [2.75, 3.05) is 5.32 Å². The summed E-state index contributed by atoms with van der Waals surface area (Å²) in [4.78, 5) is 15.3. The zero-order valence-electron chi connectivity index (χ0n) is 21.1. The number of aliphatic hydroxyl groups is 1. The van der Waals surface area contributed by atoms with Gasteiger partial charge in [0.2, 0.25) is 0 Å². The third kappa shape index (κ3) is 6.62. The highest BCUT2D eigenvalue weighted by atomic mass is 32.2. The average Bonchev–Trinajstić information content (AvgIpc) is 2.94. The van der Waals surface area contributed by atoms with Crippen LogP contribution in [-0.4, -0.2) is 31.3 Å². The Morgan fingerprint density at radius 3 is 2.67 bits per heavy atom. The zero-order valence-corrected chi connectivity index (χ0v) is 21.9. The monoisotopic (exact) mass is 535 g/mol. The molecular weight excluding hydrogens is 510 g/mol. The maximum absolute atomic E-state index is 9.74. The topological polar surface area (TPSA) is 124 Å². The third-order valence-corrected chi connectivity index (χ3v) is 6.87. The Bertz CT molecular complexity index is 1650. The molecule has 0 amide bonds. The zero-order chi connectivity index (χ0) is 27.2. The van der Waals surface area contributed by atoms with Crippen molar-refractivity contribution >= 4 is 34.3 Å². The summed E-state index contributed by atoms with van der Waals surface area (Å²) in [5.74, 6) is 1.44. The van der Waals surface area contributed by atoms with Gasteiger partial charge in [-0.1, -0.05) is 23.9 Å². The molecule has 0 spiro atoms. The molecule has 8 nitrogen and oxygen atoms in total. The molecule has 39 heavy (non-hydrogen) atoms. The summed E-state index contributed by atoms with van der Waals surface area (Å²) in [7, 11) is 0. The maximum Gasteiger partial charge on any atom is 0.164 e. The molecule has 3 N–H and O–H groups in total. The molecule has 0 saturated heterocycles. The molecule has 9 heteroatoms. The lowest BCUT2D eigenvalue weighted by Gasteiger charge is -2.15. The Kier molecular flexibility index (Phi) is 7.87. The van der Waals surface area contributed by atoms with Crippen LogP contribution in [0.4, 0.5) is 11.5 Å². The van der Waals surface area contributed by atoms with Crippen molar-refractivity contribution in [1.29, 1.82) is 5.26 Å². The van der Waals surface area contributed by atoms with E-state index in [2.05, 4.69) is 26.3 Å². The van der Waals surface area contributed by atoms with Crippen molar-refractivity contribution in [1.82, 2.24) is 15.0 Å². The third-order valence-electron chi connectivity index (χ3n) is 5.79. The molecule has 194 valence electrons. The molecule has 1 unspecified atom stereocenters. The number of phenols is 1. The number of nitrogens with zero attached hydrogens (tertiary/aromatic N) is 4. The van der Waals surface area contributed by atoms with Crippen molar-refractivity contribution in [3.05, 3.63) is 102 Å². The van der Waals surface area contributed by atoms with Crippen molar-refractivity contribution in [3.63, 3.8) is 0 Å². The highest BCUT2D eigenvalue weighted by Crippen LogP contribution is 2.38. The Morgan fingerprint density at radius 1 is 1.03 bits per heavy atom. The number of aromatic nitrogens is 3. The van der Waals surface area contributed by atoms with Gasteiger partial charge >= 0.3 is 0 Å². The van der Waals surface area contributed by atoms with Crippen LogP contribution in [0.5, 0.6) is 11.5 Å². The van der Waals surface area contributed by atoms with Crippen LogP contribution in [0.2, 0.25) is 0 Å². The Morgan fingerprint density at radius 2 is 1.87 bits per heavy atom. The first kappa shape index (κ1) is 26.0. The summed E-state index contributed by atoms with van der Waals surface area (Å²) in [5, 5.41) is 32.8. The van der Waals surface area contributed by atoms with Crippen LogP contribution in [-0.2, 0) is 13.0 Å². The summed E-state index contributed by atoms with van der Waals surface area (Å²) < 4.78 is 6.07. The van der Waals surface area contributed by atoms with E-state index in [1.54, 1.807) is 31.2 Å². The average molecular weight is 536 g/mol. The lowest BCUT2D eigenvalue weighted by molar-refractivity contribution is 0.194. The van der Waals surface area contributed by atoms with Gasteiger partial charge in [-0.25, -0.2) is 15.0 Å². The SMILES string of the molecule is CC(O)Cc1ccc2c(Nc3cc(OCc4cccc(C#N)c4)ccc3Sc3ccc(O)cc3)ncnc2n1. The van der Waals surface area contributed by atoms with Crippen LogP contribution in [0.25, 0.3) is 11.0 Å². The summed E-state index contributed by atoms with van der Waals surface area (Å²) in [6, 6.07) is 26.0. The van der Waals surface area contributed by atoms with E-state index in [9.17, 15) is 15.5 Å². The number of benzene rings is 3. The molecule has 3 aromatic carbocycles. The number of ether oxygens (including phenoxy) is 1. The predicted molar refractivity (Wildman–Crippen MR) is 150 cm³/mol. The summed E-state index contributed by atoms with van der Waals surface area (Å²) in [6.45, 7) is 2.03. The number of aromatic hydroxyl groups is 1. The van der Waals surface area contributed by atoms with Crippen LogP contribution in [0.3, 0.4) is 0 Å². The van der Waals surface area contributed by atoms with E-state index in [1.807, 2.05) is 54.6 Å². The molecule has 0 aliphatic carbocycles. The summed E-state index contributed by atoms with van der Waals surface area (Å²) in [5.41, 5.74) is 3.53. The van der Waals surface area contributed by atoms with Gasteiger partial charge in [0, 0.05) is 28.0 Å². The van der Waals surface area contributed by atoms with Crippen molar-refractivity contribution in [2.45, 2.75) is 35.8 Å². The van der Waals surface area contributed by atoms with Gasteiger partial charge in [-0.05, 0) is 73.2 Å². The molecule has 0 aliphatic rings. The number of fused-ring (bicyclic) bond motifs is 1. The highest BCUT2D eigenvalue weighted by molar-refractivity contribution is 7.99. The number of phenolic OH excluding ortho intramolecular Hbond substituents is 1. The minimum absolute atomic E-state index is 0.205. The molecule has 2 aromatic heterocycles. The predicted octanol–water partition coefficient (Wildman–Crippen LogP) is 6.00. The van der Waals surface area contributed by atoms with Gasteiger partial charge in [0.05, 0.1) is 28.8 Å². The van der Waals surface area contributed by atoms with Gasteiger partial charge in [-0.3, -0.25) is 0 Å². The molecule has 1 atom stereocenters. The normalized spacial score (nSPS) is 11.6. The lowest BCUT2D eigenvalue weighted by Crippen LogP contribution is -2.06. The van der Waals surface area contributed by atoms with Gasteiger partial charge in [-0.15, -0.1) is 0 Å². The molecule has 0 fully saturated rings. The van der Waals surface area contributed by atoms with Crippen LogP contribution < -0.4 is 10.1 Å². The molecular formula is C30H25N5O3S. The van der Waals surface area contributed by atoms with E-state index in [-0.39, 0.29) is 5.75 Å². The van der Waals surface area contributed by atoms with Gasteiger partial charge in [0.1, 0.15) is 30.3 Å². The number of aliphatic hydroxyl groups excluding tert-OH is 1. The van der Waals surface area contributed by atoms with Crippen LogP contribution in [0.15, 0.2) is 95.0 Å². The minimum atomic E-state index is -0.501. The minimum Gasteiger partial charge on any atom is -0.508 e. The van der Waals surface area contributed by atoms with E-state index in [4.69, 9.17) is 4.74 Å². The molecule has 0 aliphatic heterocycles. The number of hydrogen-bond donors (Lipinski definition) is 3. The van der Waals surface area contributed by atoms with Crippen molar-refractivity contribution < 1.29 is 14.9 Å². The number of hydrogen-bond acceptors (Lipinski definition) is 9. The summed E-state index contributed by atoms with van der Waals surface area (Å²) in [6.07, 6.45) is 1.39. The second kappa shape index (κ2) is 11.8. The van der Waals surface area contributed by atoms with Crippen LogP contribution in [0.1, 0.15) is 23.7 Å². The largest absolute Gasteiger partial charge is 0.508 e. The van der Waals surface area contributed by atoms with Gasteiger partial charge in [0.25, 0.3) is 0 Å². The number of pyridine rings is 1. The first-order chi connectivity index (χ1) is 19.0. The van der Waals surface area contributed by atoms with Crippen molar-refractivity contribution in [3.8, 4) is 17.6 Å². The van der Waals surface area contributed by atoms with Gasteiger partial charge in [-0.2, -0.15) is 5.26 Å². The summed E-state index contributed by atoms with van der Waals surface area (Å²) >= 11 is 1.53. The van der Waals surface area contributed by atoms with E-state index >= 15 is 0 Å². The standard InChI is InChI=1S/C30H25N5O3S/c1-19(36)13-22-5-11-26-29(34-22)32-18-33-30(26)35-27-15-24(38-17-21-4-2-3-20(14-21)16-31)8-12-28(27)39-25-9-6-23(37)7-10-25/h2-12,14-15,18-19,36-37H,13,17H2,1H3,(H,32,33,34,35). The van der Waals surface area contributed by atoms with E-state index in [0.717, 1.165) is 32.1 Å². The first-order valence-corrected chi connectivity index (χ1v) is 13.1. The second-order valence-electron chi connectivity index (χ2n) is 8.93. The maximum atomic E-state index is 9.74. The van der Waals surface area contributed by atoms with Gasteiger partial charge < -0.3 is 20.3 Å². The molecule has 5 rings (SSSR count). The Labute approximate surface area is 230 Å². The Hall–Kier alpha value is -4.65. The lowest BCUT2D eigenvalue weighted by atomic mass is 10.1. The Balaban J connectivity index is 1.46. The molecule has 0 bridgehead atoms. The molecule has 0 radical (unpaired) electrons. The van der Waals surface area contributed by atoms with Gasteiger partial charge in [0.15, 0.2) is 5.65 Å². The number of nitriles is 1. The number of rotatable bonds is 9. The molecule has 2 heterocycles. The fourth-order valence-electron chi connectivity index (χ4n) is 3.95. The van der Waals surface area contributed by atoms with E-state index in [0.29, 0.717) is 35.8 Å². The van der Waals surface area contributed by atoms with Crippen LogP contribution in [0, 0.1) is 11.3 Å². The quantitative estimate of drug-likeness (QED) is 0.208. The van der Waals surface area contributed by atoms with Crippen LogP contribution >= 0.6 is 11.8 Å². The second-order valence-corrected chi connectivity index (χ2v) is 10.0. The smallest absolute Gasteiger partial charge is 0.164 e. The number of nitrogens with one attached hydrogen (secondary N) is 1. The first-order valence-electron chi connectivity index (χ1n) is 12.3. The highest BCUT2D eigenvalue weighted by Gasteiger charge is 2.13. The van der Waals surface area contributed by atoms with E-state index in [1.165, 1.54) is 18.1 Å². The fraction of sp³-hybridized carbons (Fsp3) is 0.133.